The number of rotatable bonds is 4. The van der Waals surface area contributed by atoms with Gasteiger partial charge >= 0.3 is 0 Å². The minimum atomic E-state index is 0.334. The van der Waals surface area contributed by atoms with Crippen molar-refractivity contribution in [2.75, 3.05) is 5.32 Å². The lowest BCUT2D eigenvalue weighted by Gasteiger charge is -2.31. The van der Waals surface area contributed by atoms with Crippen LogP contribution in [-0.4, -0.2) is 26.7 Å². The van der Waals surface area contributed by atoms with Crippen molar-refractivity contribution in [3.05, 3.63) is 24.0 Å². The molecule has 2 heterocycles. The quantitative estimate of drug-likeness (QED) is 0.911. The first-order valence-corrected chi connectivity index (χ1v) is 8.57. The molecule has 0 aliphatic heterocycles. The van der Waals surface area contributed by atoms with Gasteiger partial charge in [0.2, 0.25) is 0 Å². The Hall–Kier alpha value is -1.62. The normalized spacial score (nSPS) is 27.0. The Morgan fingerprint density at radius 3 is 2.86 bits per heavy atom. The molecule has 0 spiro atoms. The smallest absolute Gasteiger partial charge is 0.157 e. The first kappa shape index (κ1) is 14.0. The van der Waals surface area contributed by atoms with Gasteiger partial charge in [0, 0.05) is 35.8 Å². The lowest BCUT2D eigenvalue weighted by molar-refractivity contribution is 0.269. The highest BCUT2D eigenvalue weighted by Gasteiger charge is 2.27. The molecule has 5 heteroatoms. The molecule has 2 fully saturated rings. The van der Waals surface area contributed by atoms with Crippen LogP contribution in [-0.2, 0) is 0 Å². The molecule has 2 aliphatic rings. The van der Waals surface area contributed by atoms with E-state index in [1.54, 1.807) is 0 Å². The van der Waals surface area contributed by atoms with Crippen LogP contribution in [0.2, 0.25) is 0 Å². The highest BCUT2D eigenvalue weighted by Crippen LogP contribution is 2.39. The minimum Gasteiger partial charge on any atom is -0.367 e. The Morgan fingerprint density at radius 1 is 1.32 bits per heavy atom. The van der Waals surface area contributed by atoms with E-state index in [0.717, 1.165) is 36.6 Å². The van der Waals surface area contributed by atoms with Crippen molar-refractivity contribution < 1.29 is 0 Å². The molecule has 2 aromatic rings. The van der Waals surface area contributed by atoms with Gasteiger partial charge in [-0.25, -0.2) is 4.98 Å². The number of nitrogens with one attached hydrogen (secondary N) is 1. The molecule has 0 saturated heterocycles. The molecule has 0 unspecified atom stereocenters. The molecule has 0 amide bonds. The summed E-state index contributed by atoms with van der Waals surface area (Å²) in [5.74, 6) is 2.39. The van der Waals surface area contributed by atoms with Crippen molar-refractivity contribution in [3.8, 4) is 0 Å². The van der Waals surface area contributed by atoms with Gasteiger partial charge in [-0.1, -0.05) is 13.3 Å². The number of aromatic nitrogens is 3. The zero-order valence-electron chi connectivity index (χ0n) is 13.2. The summed E-state index contributed by atoms with van der Waals surface area (Å²) in [4.78, 5) is 4.82. The van der Waals surface area contributed by atoms with E-state index < -0.39 is 0 Å². The van der Waals surface area contributed by atoms with Gasteiger partial charge in [-0.3, -0.25) is 0 Å². The molecule has 3 atom stereocenters. The first-order valence-electron chi connectivity index (χ1n) is 8.57. The highest BCUT2D eigenvalue weighted by molar-refractivity contribution is 5.50. The summed E-state index contributed by atoms with van der Waals surface area (Å²) < 4.78 is 1.92. The van der Waals surface area contributed by atoms with Crippen LogP contribution in [0.4, 0.5) is 5.82 Å². The standard InChI is InChI=1S/C17H25N5/c1-11(12-3-2-4-12)15-10-17(20-14-6-5-13(18)9-14)22-16(21-15)7-8-19-22/h7-8,10-14,20H,2-6,9,18H2,1H3/t11-,13-,14-/m0/s1. The van der Waals surface area contributed by atoms with Crippen LogP contribution in [0.5, 0.6) is 0 Å². The topological polar surface area (TPSA) is 68.2 Å². The number of anilines is 1. The average Bonchev–Trinajstić information content (AvgIpc) is 3.05. The predicted molar refractivity (Wildman–Crippen MR) is 88.0 cm³/mol. The van der Waals surface area contributed by atoms with Crippen molar-refractivity contribution >= 4 is 11.5 Å². The van der Waals surface area contributed by atoms with Crippen molar-refractivity contribution in [3.63, 3.8) is 0 Å². The molecule has 0 radical (unpaired) electrons. The maximum Gasteiger partial charge on any atom is 0.157 e. The number of hydrogen-bond donors (Lipinski definition) is 2. The number of nitrogens with two attached hydrogens (primary N) is 1. The van der Waals surface area contributed by atoms with Gasteiger partial charge in [0.15, 0.2) is 5.65 Å². The van der Waals surface area contributed by atoms with Gasteiger partial charge in [-0.2, -0.15) is 9.61 Å². The maximum absolute atomic E-state index is 6.04. The zero-order valence-corrected chi connectivity index (χ0v) is 13.2. The van der Waals surface area contributed by atoms with Crippen LogP contribution in [0.25, 0.3) is 5.65 Å². The largest absolute Gasteiger partial charge is 0.367 e. The number of nitrogens with zero attached hydrogens (tertiary/aromatic N) is 3. The third-order valence-electron chi connectivity index (χ3n) is 5.53. The second-order valence-electron chi connectivity index (χ2n) is 7.06. The van der Waals surface area contributed by atoms with Crippen LogP contribution in [0.15, 0.2) is 18.3 Å². The van der Waals surface area contributed by atoms with Crippen LogP contribution >= 0.6 is 0 Å². The van der Waals surface area contributed by atoms with Gasteiger partial charge < -0.3 is 11.1 Å². The summed E-state index contributed by atoms with van der Waals surface area (Å²) in [6.45, 7) is 2.31. The molecule has 2 aromatic heterocycles. The zero-order chi connectivity index (χ0) is 15.1. The fraction of sp³-hybridized carbons (Fsp3) is 0.647. The molecule has 0 aromatic carbocycles. The first-order chi connectivity index (χ1) is 10.7. The third kappa shape index (κ3) is 2.47. The summed E-state index contributed by atoms with van der Waals surface area (Å²) in [5.41, 5.74) is 8.18. The molecule has 2 aliphatic carbocycles. The summed E-state index contributed by atoms with van der Waals surface area (Å²) in [6.07, 6.45) is 9.16. The molecule has 5 nitrogen and oxygen atoms in total. The Kier molecular flexibility index (Phi) is 3.53. The highest BCUT2D eigenvalue weighted by atomic mass is 15.3. The maximum atomic E-state index is 6.04. The van der Waals surface area contributed by atoms with E-state index in [1.807, 2.05) is 16.8 Å². The van der Waals surface area contributed by atoms with Crippen molar-refractivity contribution in [2.45, 2.75) is 63.5 Å². The molecule has 22 heavy (non-hydrogen) atoms. The van der Waals surface area contributed by atoms with E-state index in [2.05, 4.69) is 23.4 Å². The van der Waals surface area contributed by atoms with Gasteiger partial charge in [-0.15, -0.1) is 0 Å². The summed E-state index contributed by atoms with van der Waals surface area (Å²) in [5, 5.41) is 8.07. The van der Waals surface area contributed by atoms with Crippen molar-refractivity contribution in [1.29, 1.82) is 0 Å². The Morgan fingerprint density at radius 2 is 2.18 bits per heavy atom. The minimum absolute atomic E-state index is 0.334. The van der Waals surface area contributed by atoms with E-state index in [9.17, 15) is 0 Å². The van der Waals surface area contributed by atoms with Gasteiger partial charge in [0.05, 0.1) is 6.20 Å². The molecule has 4 rings (SSSR count). The summed E-state index contributed by atoms with van der Waals surface area (Å²) >= 11 is 0. The molecular weight excluding hydrogens is 274 g/mol. The van der Waals surface area contributed by atoms with Gasteiger partial charge in [0.1, 0.15) is 5.82 Å². The third-order valence-corrected chi connectivity index (χ3v) is 5.53. The SMILES string of the molecule is C[C@H](c1cc(N[C@H]2CC[C@H](N)C2)n2nccc2n1)C1CCC1. The number of fused-ring (bicyclic) bond motifs is 1. The second-order valence-corrected chi connectivity index (χ2v) is 7.06. The lowest BCUT2D eigenvalue weighted by Crippen LogP contribution is -2.23. The van der Waals surface area contributed by atoms with E-state index in [1.165, 1.54) is 25.0 Å². The molecular formula is C17H25N5. The Bertz CT molecular complexity index is 660. The number of hydrogen-bond acceptors (Lipinski definition) is 4. The van der Waals surface area contributed by atoms with Crippen LogP contribution in [0, 0.1) is 5.92 Å². The van der Waals surface area contributed by atoms with Crippen LogP contribution in [0.3, 0.4) is 0 Å². The van der Waals surface area contributed by atoms with Gasteiger partial charge in [0.25, 0.3) is 0 Å². The van der Waals surface area contributed by atoms with Crippen LogP contribution < -0.4 is 11.1 Å². The molecule has 118 valence electrons. The molecule has 2 saturated carbocycles. The summed E-state index contributed by atoms with van der Waals surface area (Å²) in [6, 6.07) is 4.98. The van der Waals surface area contributed by atoms with Crippen molar-refractivity contribution in [2.24, 2.45) is 11.7 Å². The van der Waals surface area contributed by atoms with E-state index in [4.69, 9.17) is 10.7 Å². The van der Waals surface area contributed by atoms with E-state index in [-0.39, 0.29) is 0 Å². The van der Waals surface area contributed by atoms with Crippen LogP contribution in [0.1, 0.15) is 57.1 Å². The fourth-order valence-corrected chi connectivity index (χ4v) is 3.81. The predicted octanol–water partition coefficient (Wildman–Crippen LogP) is 2.92. The monoisotopic (exact) mass is 299 g/mol. The second kappa shape index (κ2) is 5.54. The average molecular weight is 299 g/mol. The molecule has 3 N–H and O–H groups in total. The fourth-order valence-electron chi connectivity index (χ4n) is 3.81. The van der Waals surface area contributed by atoms with E-state index in [0.29, 0.717) is 18.0 Å². The lowest BCUT2D eigenvalue weighted by atomic mass is 9.75. The Labute approximate surface area is 131 Å². The van der Waals surface area contributed by atoms with Crippen molar-refractivity contribution in [1.82, 2.24) is 14.6 Å². The Balaban J connectivity index is 1.64. The van der Waals surface area contributed by atoms with Gasteiger partial charge in [-0.05, 0) is 38.0 Å². The molecule has 0 bridgehead atoms. The summed E-state index contributed by atoms with van der Waals surface area (Å²) in [7, 11) is 0. The van der Waals surface area contributed by atoms with E-state index >= 15 is 0 Å².